The third-order valence-corrected chi connectivity index (χ3v) is 3.63. The second-order valence-electron chi connectivity index (χ2n) is 5.67. The van der Waals surface area contributed by atoms with Gasteiger partial charge in [0, 0.05) is 7.05 Å². The van der Waals surface area contributed by atoms with Crippen LogP contribution in [0.25, 0.3) is 11.2 Å². The number of amides is 1. The number of rotatable bonds is 7. The van der Waals surface area contributed by atoms with Gasteiger partial charge in [0.2, 0.25) is 5.91 Å². The van der Waals surface area contributed by atoms with E-state index < -0.39 is 0 Å². The molecule has 8 heteroatoms. The molecule has 1 amide bonds. The first-order valence-electron chi connectivity index (χ1n) is 7.95. The SMILES string of the molecule is Cc1cccc(OCCNC(=O)CN(C)c2ncnc3nc[nH]c23)c1. The summed E-state index contributed by atoms with van der Waals surface area (Å²) in [5.41, 5.74) is 2.42. The molecule has 0 bridgehead atoms. The summed E-state index contributed by atoms with van der Waals surface area (Å²) in [6.45, 7) is 3.03. The third kappa shape index (κ3) is 4.23. The summed E-state index contributed by atoms with van der Waals surface area (Å²) < 4.78 is 5.61. The maximum absolute atomic E-state index is 12.1. The van der Waals surface area contributed by atoms with E-state index in [9.17, 15) is 4.79 Å². The number of H-pyrrole nitrogens is 1. The quantitative estimate of drug-likeness (QED) is 0.629. The second kappa shape index (κ2) is 7.61. The average molecular weight is 340 g/mol. The Morgan fingerprint density at radius 1 is 1.32 bits per heavy atom. The molecule has 2 N–H and O–H groups in total. The molecule has 2 heterocycles. The summed E-state index contributed by atoms with van der Waals surface area (Å²) in [5.74, 6) is 1.32. The number of likely N-dealkylation sites (N-methyl/N-ethyl adjacent to an activating group) is 1. The van der Waals surface area contributed by atoms with Crippen molar-refractivity contribution in [1.29, 1.82) is 0 Å². The molecule has 0 aliphatic carbocycles. The van der Waals surface area contributed by atoms with E-state index in [1.807, 2.05) is 31.2 Å². The second-order valence-corrected chi connectivity index (χ2v) is 5.67. The Morgan fingerprint density at radius 3 is 3.04 bits per heavy atom. The van der Waals surface area contributed by atoms with Crippen LogP contribution in [0.2, 0.25) is 0 Å². The minimum atomic E-state index is -0.110. The van der Waals surface area contributed by atoms with Gasteiger partial charge >= 0.3 is 0 Å². The van der Waals surface area contributed by atoms with Gasteiger partial charge in [0.15, 0.2) is 11.5 Å². The predicted octanol–water partition coefficient (Wildman–Crippen LogP) is 1.29. The highest BCUT2D eigenvalue weighted by atomic mass is 16.5. The van der Waals surface area contributed by atoms with Gasteiger partial charge in [0.1, 0.15) is 24.2 Å². The van der Waals surface area contributed by atoms with E-state index in [1.165, 1.54) is 6.33 Å². The zero-order chi connectivity index (χ0) is 17.6. The Kier molecular flexibility index (Phi) is 5.08. The molecule has 0 aliphatic heterocycles. The molecule has 0 radical (unpaired) electrons. The molecule has 0 atom stereocenters. The van der Waals surface area contributed by atoms with Crippen LogP contribution in [0, 0.1) is 6.92 Å². The lowest BCUT2D eigenvalue weighted by atomic mass is 10.2. The molecule has 2 aromatic heterocycles. The smallest absolute Gasteiger partial charge is 0.239 e. The van der Waals surface area contributed by atoms with Gasteiger partial charge in [-0.1, -0.05) is 12.1 Å². The van der Waals surface area contributed by atoms with E-state index >= 15 is 0 Å². The lowest BCUT2D eigenvalue weighted by Crippen LogP contribution is -2.37. The predicted molar refractivity (Wildman–Crippen MR) is 94.6 cm³/mol. The number of aromatic nitrogens is 4. The highest BCUT2D eigenvalue weighted by Crippen LogP contribution is 2.17. The fourth-order valence-corrected chi connectivity index (χ4v) is 2.45. The van der Waals surface area contributed by atoms with Crippen molar-refractivity contribution in [2.75, 3.05) is 31.6 Å². The number of hydrogen-bond acceptors (Lipinski definition) is 6. The first-order valence-corrected chi connectivity index (χ1v) is 7.95. The molecule has 3 aromatic rings. The largest absolute Gasteiger partial charge is 0.492 e. The summed E-state index contributed by atoms with van der Waals surface area (Å²) in [6.07, 6.45) is 2.99. The lowest BCUT2D eigenvalue weighted by Gasteiger charge is -2.17. The van der Waals surface area contributed by atoms with Gasteiger partial charge in [0.25, 0.3) is 0 Å². The standard InChI is InChI=1S/C17H20N6O2/c1-12-4-3-5-13(8-12)25-7-6-18-14(24)9-23(2)17-15-16(20-10-19-15)21-11-22-17/h3-5,8,10-11H,6-7,9H2,1-2H3,(H,18,24)(H,19,20,21,22). The summed E-state index contributed by atoms with van der Waals surface area (Å²) in [5, 5.41) is 2.84. The van der Waals surface area contributed by atoms with E-state index in [-0.39, 0.29) is 12.5 Å². The zero-order valence-corrected chi connectivity index (χ0v) is 14.2. The van der Waals surface area contributed by atoms with Crippen LogP contribution in [-0.2, 0) is 4.79 Å². The van der Waals surface area contributed by atoms with Gasteiger partial charge in [-0.25, -0.2) is 15.0 Å². The molecule has 0 aliphatic rings. The molecule has 0 saturated heterocycles. The van der Waals surface area contributed by atoms with Gasteiger partial charge in [-0.3, -0.25) is 4.79 Å². The Balaban J connectivity index is 1.47. The van der Waals surface area contributed by atoms with Crippen molar-refractivity contribution in [2.45, 2.75) is 6.92 Å². The van der Waals surface area contributed by atoms with Crippen molar-refractivity contribution in [1.82, 2.24) is 25.3 Å². The van der Waals surface area contributed by atoms with E-state index in [2.05, 4.69) is 25.3 Å². The fraction of sp³-hybridized carbons (Fsp3) is 0.294. The Bertz CT molecular complexity index is 863. The van der Waals surface area contributed by atoms with Crippen molar-refractivity contribution < 1.29 is 9.53 Å². The number of nitrogens with one attached hydrogen (secondary N) is 2. The number of benzene rings is 1. The number of carbonyl (C=O) groups excluding carboxylic acids is 1. The minimum absolute atomic E-state index is 0.110. The van der Waals surface area contributed by atoms with E-state index in [0.29, 0.717) is 30.1 Å². The van der Waals surface area contributed by atoms with Crippen LogP contribution < -0.4 is 15.0 Å². The normalized spacial score (nSPS) is 10.6. The molecule has 0 saturated carbocycles. The number of anilines is 1. The fourth-order valence-electron chi connectivity index (χ4n) is 2.45. The molecular formula is C17H20N6O2. The maximum Gasteiger partial charge on any atom is 0.239 e. The summed E-state index contributed by atoms with van der Waals surface area (Å²) in [7, 11) is 1.80. The number of aryl methyl sites for hydroxylation is 1. The van der Waals surface area contributed by atoms with Crippen LogP contribution in [0.1, 0.15) is 5.56 Å². The van der Waals surface area contributed by atoms with Crippen LogP contribution in [0.3, 0.4) is 0 Å². The zero-order valence-electron chi connectivity index (χ0n) is 14.2. The van der Waals surface area contributed by atoms with Gasteiger partial charge in [-0.2, -0.15) is 0 Å². The van der Waals surface area contributed by atoms with Gasteiger partial charge in [-0.15, -0.1) is 0 Å². The van der Waals surface area contributed by atoms with Crippen molar-refractivity contribution in [3.05, 3.63) is 42.5 Å². The van der Waals surface area contributed by atoms with E-state index in [4.69, 9.17) is 4.74 Å². The summed E-state index contributed by atoms with van der Waals surface area (Å²) in [4.78, 5) is 29.2. The summed E-state index contributed by atoms with van der Waals surface area (Å²) >= 11 is 0. The monoisotopic (exact) mass is 340 g/mol. The van der Waals surface area contributed by atoms with Gasteiger partial charge in [0.05, 0.1) is 19.4 Å². The van der Waals surface area contributed by atoms with Crippen molar-refractivity contribution in [2.24, 2.45) is 0 Å². The van der Waals surface area contributed by atoms with Crippen molar-refractivity contribution in [3.63, 3.8) is 0 Å². The topological polar surface area (TPSA) is 96.0 Å². The minimum Gasteiger partial charge on any atom is -0.492 e. The molecule has 0 spiro atoms. The molecule has 25 heavy (non-hydrogen) atoms. The number of ether oxygens (including phenoxy) is 1. The molecule has 0 fully saturated rings. The molecule has 8 nitrogen and oxygen atoms in total. The third-order valence-electron chi connectivity index (χ3n) is 3.63. The van der Waals surface area contributed by atoms with Crippen LogP contribution >= 0.6 is 0 Å². The first kappa shape index (κ1) is 16.7. The maximum atomic E-state index is 12.1. The average Bonchev–Trinajstić information content (AvgIpc) is 3.07. The molecular weight excluding hydrogens is 320 g/mol. The van der Waals surface area contributed by atoms with Crippen LogP contribution in [-0.4, -0.2) is 52.6 Å². The Morgan fingerprint density at radius 2 is 2.20 bits per heavy atom. The number of carbonyl (C=O) groups is 1. The molecule has 1 aromatic carbocycles. The Hall–Kier alpha value is -3.16. The van der Waals surface area contributed by atoms with Crippen LogP contribution in [0.15, 0.2) is 36.9 Å². The van der Waals surface area contributed by atoms with E-state index in [0.717, 1.165) is 11.3 Å². The van der Waals surface area contributed by atoms with Crippen molar-refractivity contribution >= 4 is 22.9 Å². The first-order chi connectivity index (χ1) is 12.1. The molecule has 3 rings (SSSR count). The van der Waals surface area contributed by atoms with Crippen LogP contribution in [0.5, 0.6) is 5.75 Å². The van der Waals surface area contributed by atoms with Crippen LogP contribution in [0.4, 0.5) is 5.82 Å². The van der Waals surface area contributed by atoms with Gasteiger partial charge in [-0.05, 0) is 24.6 Å². The highest BCUT2D eigenvalue weighted by molar-refractivity contribution is 5.86. The van der Waals surface area contributed by atoms with E-state index in [1.54, 1.807) is 18.3 Å². The number of nitrogens with zero attached hydrogens (tertiary/aromatic N) is 4. The number of aromatic amines is 1. The summed E-state index contributed by atoms with van der Waals surface area (Å²) in [6, 6.07) is 7.80. The Labute approximate surface area is 145 Å². The number of fused-ring (bicyclic) bond motifs is 1. The number of hydrogen-bond donors (Lipinski definition) is 2. The lowest BCUT2D eigenvalue weighted by molar-refractivity contribution is -0.119. The molecule has 130 valence electrons. The van der Waals surface area contributed by atoms with Gasteiger partial charge < -0.3 is 19.9 Å². The highest BCUT2D eigenvalue weighted by Gasteiger charge is 2.13. The number of imidazole rings is 1. The van der Waals surface area contributed by atoms with Crippen molar-refractivity contribution in [3.8, 4) is 5.75 Å². The molecule has 0 unspecified atom stereocenters.